The van der Waals surface area contributed by atoms with Gasteiger partial charge in [0.25, 0.3) is 0 Å². The summed E-state index contributed by atoms with van der Waals surface area (Å²) < 4.78 is 5.72. The number of rotatable bonds is 8. The van der Waals surface area contributed by atoms with Gasteiger partial charge in [0.1, 0.15) is 12.1 Å². The maximum absolute atomic E-state index is 13.4. The average Bonchev–Trinajstić information content (AvgIpc) is 3.15. The van der Waals surface area contributed by atoms with Crippen LogP contribution in [0.3, 0.4) is 0 Å². The fourth-order valence-corrected chi connectivity index (χ4v) is 5.59. The molecule has 4 rings (SSSR count). The molecule has 1 saturated carbocycles. The standard InChI is InChI=1S/C28H34N2O5/c1-3-19(15-25(31)32)29-26(33)28(14-8-9-18(2)16-28)30-27(34)35-17-24-22-12-6-4-10-20(22)21-11-5-7-13-23(21)24/h4-7,10-13,18-19,24H,3,8-9,14-17H2,1-2H3,(H,29,33)(H,30,34)(H,31,32). The zero-order valence-electron chi connectivity index (χ0n) is 20.4. The van der Waals surface area contributed by atoms with E-state index in [2.05, 4.69) is 41.8 Å². The van der Waals surface area contributed by atoms with Crippen LogP contribution in [0.1, 0.15) is 69.4 Å². The molecule has 3 N–H and O–H groups in total. The van der Waals surface area contributed by atoms with Crippen LogP contribution in [0.2, 0.25) is 0 Å². The molecule has 3 atom stereocenters. The number of carboxylic acids is 1. The number of ether oxygens (including phenoxy) is 1. The monoisotopic (exact) mass is 478 g/mol. The Kier molecular flexibility index (Phi) is 7.43. The lowest BCUT2D eigenvalue weighted by Crippen LogP contribution is -2.62. The number of nitrogens with one attached hydrogen (secondary N) is 2. The Bertz CT molecular complexity index is 1050. The molecule has 7 nitrogen and oxygen atoms in total. The van der Waals surface area contributed by atoms with Gasteiger partial charge in [0, 0.05) is 12.0 Å². The maximum Gasteiger partial charge on any atom is 0.408 e. The second-order valence-corrected chi connectivity index (χ2v) is 9.91. The van der Waals surface area contributed by atoms with Gasteiger partial charge in [-0.3, -0.25) is 9.59 Å². The first-order chi connectivity index (χ1) is 16.8. The smallest absolute Gasteiger partial charge is 0.408 e. The van der Waals surface area contributed by atoms with E-state index in [-0.39, 0.29) is 30.8 Å². The van der Waals surface area contributed by atoms with Crippen LogP contribution in [-0.2, 0) is 14.3 Å². The predicted octanol–water partition coefficient (Wildman–Crippen LogP) is 4.84. The summed E-state index contributed by atoms with van der Waals surface area (Å²) in [7, 11) is 0. The normalized spacial score (nSPS) is 21.9. The largest absolute Gasteiger partial charge is 0.481 e. The highest BCUT2D eigenvalue weighted by atomic mass is 16.5. The Balaban J connectivity index is 1.47. The summed E-state index contributed by atoms with van der Waals surface area (Å²) in [6.45, 7) is 4.07. The number of hydrogen-bond acceptors (Lipinski definition) is 4. The molecular formula is C28H34N2O5. The summed E-state index contributed by atoms with van der Waals surface area (Å²) in [6.07, 6.45) is 2.49. The summed E-state index contributed by atoms with van der Waals surface area (Å²) in [5, 5.41) is 14.9. The highest BCUT2D eigenvalue weighted by Gasteiger charge is 2.44. The lowest BCUT2D eigenvalue weighted by Gasteiger charge is -2.39. The van der Waals surface area contributed by atoms with Gasteiger partial charge < -0.3 is 20.5 Å². The van der Waals surface area contributed by atoms with E-state index in [1.165, 1.54) is 0 Å². The van der Waals surface area contributed by atoms with Crippen molar-refractivity contribution in [2.24, 2.45) is 5.92 Å². The second-order valence-electron chi connectivity index (χ2n) is 9.91. The Morgan fingerprint density at radius 2 is 1.71 bits per heavy atom. The van der Waals surface area contributed by atoms with Crippen LogP contribution >= 0.6 is 0 Å². The van der Waals surface area contributed by atoms with Crippen LogP contribution < -0.4 is 10.6 Å². The van der Waals surface area contributed by atoms with E-state index in [1.54, 1.807) is 0 Å². The lowest BCUT2D eigenvalue weighted by atomic mass is 9.75. The number of fused-ring (bicyclic) bond motifs is 3. The third-order valence-electron chi connectivity index (χ3n) is 7.37. The van der Waals surface area contributed by atoms with Gasteiger partial charge in [-0.25, -0.2) is 4.79 Å². The number of carbonyl (C=O) groups excluding carboxylic acids is 2. The summed E-state index contributed by atoms with van der Waals surface area (Å²) >= 11 is 0. The molecule has 0 radical (unpaired) electrons. The van der Waals surface area contributed by atoms with Crippen molar-refractivity contribution in [3.05, 3.63) is 59.7 Å². The van der Waals surface area contributed by atoms with Crippen molar-refractivity contribution in [3.63, 3.8) is 0 Å². The van der Waals surface area contributed by atoms with E-state index in [1.807, 2.05) is 31.2 Å². The molecule has 186 valence electrons. The van der Waals surface area contributed by atoms with Gasteiger partial charge in [-0.2, -0.15) is 0 Å². The molecule has 0 heterocycles. The van der Waals surface area contributed by atoms with Gasteiger partial charge in [0.05, 0.1) is 6.42 Å². The van der Waals surface area contributed by atoms with E-state index < -0.39 is 23.6 Å². The molecule has 0 bridgehead atoms. The maximum atomic E-state index is 13.4. The Hall–Kier alpha value is -3.35. The number of carboxylic acid groups (broad SMARTS) is 1. The van der Waals surface area contributed by atoms with Crippen LogP contribution in [0.5, 0.6) is 0 Å². The third kappa shape index (κ3) is 5.34. The fourth-order valence-electron chi connectivity index (χ4n) is 5.59. The molecule has 35 heavy (non-hydrogen) atoms. The zero-order chi connectivity index (χ0) is 25.0. The van der Waals surface area contributed by atoms with Crippen molar-refractivity contribution in [1.82, 2.24) is 10.6 Å². The number of benzene rings is 2. The highest BCUT2D eigenvalue weighted by molar-refractivity contribution is 5.90. The lowest BCUT2D eigenvalue weighted by molar-refractivity contribution is -0.138. The molecule has 2 aliphatic carbocycles. The van der Waals surface area contributed by atoms with Gasteiger partial charge in [0.15, 0.2) is 0 Å². The SMILES string of the molecule is CCC(CC(=O)O)NC(=O)C1(NC(=O)OCC2c3ccccc3-c3ccccc32)CCCC(C)C1. The molecule has 7 heteroatoms. The van der Waals surface area contributed by atoms with Gasteiger partial charge >= 0.3 is 12.1 Å². The second kappa shape index (κ2) is 10.5. The van der Waals surface area contributed by atoms with Gasteiger partial charge in [0.2, 0.25) is 5.91 Å². The molecule has 2 aliphatic rings. The number of carbonyl (C=O) groups is 3. The van der Waals surface area contributed by atoms with E-state index in [4.69, 9.17) is 9.84 Å². The van der Waals surface area contributed by atoms with Crippen LogP contribution in [0, 0.1) is 5.92 Å². The van der Waals surface area contributed by atoms with Crippen molar-refractivity contribution < 1.29 is 24.2 Å². The highest BCUT2D eigenvalue weighted by Crippen LogP contribution is 2.44. The Labute approximate surface area is 206 Å². The summed E-state index contributed by atoms with van der Waals surface area (Å²) in [5.74, 6) is -1.11. The van der Waals surface area contributed by atoms with Gasteiger partial charge in [-0.1, -0.05) is 75.2 Å². The summed E-state index contributed by atoms with van der Waals surface area (Å²) in [6, 6.07) is 15.8. The van der Waals surface area contributed by atoms with Crippen molar-refractivity contribution in [3.8, 4) is 11.1 Å². The Morgan fingerprint density at radius 1 is 1.09 bits per heavy atom. The van der Waals surface area contributed by atoms with Crippen molar-refractivity contribution in [2.75, 3.05) is 6.61 Å². The predicted molar refractivity (Wildman–Crippen MR) is 133 cm³/mol. The molecule has 2 aromatic carbocycles. The van der Waals surface area contributed by atoms with Crippen molar-refractivity contribution in [1.29, 1.82) is 0 Å². The van der Waals surface area contributed by atoms with Crippen molar-refractivity contribution >= 4 is 18.0 Å². The van der Waals surface area contributed by atoms with E-state index in [0.29, 0.717) is 19.3 Å². The summed E-state index contributed by atoms with van der Waals surface area (Å²) in [4.78, 5) is 37.6. The minimum atomic E-state index is -1.10. The zero-order valence-corrected chi connectivity index (χ0v) is 20.4. The fraction of sp³-hybridized carbons (Fsp3) is 0.464. The molecule has 0 aromatic heterocycles. The van der Waals surface area contributed by atoms with Crippen LogP contribution in [0.25, 0.3) is 11.1 Å². The van der Waals surface area contributed by atoms with Gasteiger partial charge in [-0.05, 0) is 47.4 Å². The van der Waals surface area contributed by atoms with E-state index in [0.717, 1.165) is 35.1 Å². The first-order valence-electron chi connectivity index (χ1n) is 12.5. The molecule has 2 aromatic rings. The molecule has 2 amide bonds. The number of amides is 2. The average molecular weight is 479 g/mol. The van der Waals surface area contributed by atoms with Gasteiger partial charge in [-0.15, -0.1) is 0 Å². The molecule has 0 spiro atoms. The minimum absolute atomic E-state index is 0.0664. The third-order valence-corrected chi connectivity index (χ3v) is 7.37. The van der Waals surface area contributed by atoms with Crippen LogP contribution in [0.4, 0.5) is 4.79 Å². The molecular weight excluding hydrogens is 444 g/mol. The van der Waals surface area contributed by atoms with Crippen molar-refractivity contribution in [2.45, 2.75) is 69.9 Å². The Morgan fingerprint density at radius 3 is 2.29 bits per heavy atom. The number of hydrogen-bond donors (Lipinski definition) is 3. The van der Waals surface area contributed by atoms with Crippen LogP contribution in [-0.4, -0.2) is 41.3 Å². The topological polar surface area (TPSA) is 105 Å². The van der Waals surface area contributed by atoms with Crippen LogP contribution in [0.15, 0.2) is 48.5 Å². The molecule has 0 aliphatic heterocycles. The van der Waals surface area contributed by atoms with E-state index >= 15 is 0 Å². The number of alkyl carbamates (subject to hydrolysis) is 1. The quantitative estimate of drug-likeness (QED) is 0.503. The van der Waals surface area contributed by atoms with E-state index in [9.17, 15) is 14.4 Å². The molecule has 1 fully saturated rings. The molecule has 3 unspecified atom stereocenters. The summed E-state index contributed by atoms with van der Waals surface area (Å²) in [5.41, 5.74) is 3.45. The number of aliphatic carboxylic acids is 1. The first kappa shape index (κ1) is 24.8. The minimum Gasteiger partial charge on any atom is -0.481 e. The first-order valence-corrected chi connectivity index (χ1v) is 12.5. The molecule has 0 saturated heterocycles.